The highest BCUT2D eigenvalue weighted by Gasteiger charge is 2.40. The molecule has 2 fully saturated rings. The van der Waals surface area contributed by atoms with E-state index in [0.717, 1.165) is 12.3 Å². The van der Waals surface area contributed by atoms with Gasteiger partial charge >= 0.3 is 0 Å². The summed E-state index contributed by atoms with van der Waals surface area (Å²) in [5, 5.41) is -0.657. The average Bonchev–Trinajstić information content (AvgIpc) is 3.65. The number of rotatable bonds is 6. The minimum absolute atomic E-state index is 0.0190. The highest BCUT2D eigenvalue weighted by molar-refractivity contribution is 7.92. The van der Waals surface area contributed by atoms with Crippen LogP contribution in [0.25, 0.3) is 0 Å². The first kappa shape index (κ1) is 27.3. The smallest absolute Gasteiger partial charge is 0.257 e. The van der Waals surface area contributed by atoms with Gasteiger partial charge in [0.15, 0.2) is 31.3 Å². The van der Waals surface area contributed by atoms with Gasteiger partial charge in [-0.15, -0.1) is 0 Å². The van der Waals surface area contributed by atoms with Crippen molar-refractivity contribution in [2.75, 3.05) is 37.3 Å². The fourth-order valence-corrected chi connectivity index (χ4v) is 6.55. The van der Waals surface area contributed by atoms with Gasteiger partial charge in [-0.3, -0.25) is 4.79 Å². The summed E-state index contributed by atoms with van der Waals surface area (Å²) in [5.74, 6) is -2.82. The minimum Gasteiger partial charge on any atom is -0.487 e. The summed E-state index contributed by atoms with van der Waals surface area (Å²) < 4.78 is 84.5. The van der Waals surface area contributed by atoms with Crippen molar-refractivity contribution in [3.8, 4) is 5.75 Å². The predicted molar refractivity (Wildman–Crippen MR) is 135 cm³/mol. The van der Waals surface area contributed by atoms with Gasteiger partial charge < -0.3 is 14.5 Å². The number of piperazine rings is 1. The fraction of sp³-hybridized carbons (Fsp3) is 0.480. The second-order valence-electron chi connectivity index (χ2n) is 10.4. The van der Waals surface area contributed by atoms with Gasteiger partial charge in [0.25, 0.3) is 5.91 Å². The van der Waals surface area contributed by atoms with E-state index in [4.69, 9.17) is 4.74 Å². The van der Waals surface area contributed by atoms with Crippen LogP contribution >= 0.6 is 0 Å². The molecule has 12 heteroatoms. The second-order valence-corrected chi connectivity index (χ2v) is 14.6. The first-order chi connectivity index (χ1) is 17.1. The molecule has 2 aliphatic rings. The van der Waals surface area contributed by atoms with Crippen molar-refractivity contribution in [3.05, 3.63) is 47.5 Å². The zero-order valence-corrected chi connectivity index (χ0v) is 22.8. The lowest BCUT2D eigenvalue weighted by Crippen LogP contribution is -2.49. The Morgan fingerprint density at radius 1 is 0.946 bits per heavy atom. The molecule has 2 aromatic rings. The summed E-state index contributed by atoms with van der Waals surface area (Å²) in [6, 6.07) is 6.50. The van der Waals surface area contributed by atoms with Crippen LogP contribution in [0.1, 0.15) is 44.0 Å². The Morgan fingerprint density at radius 3 is 2.11 bits per heavy atom. The van der Waals surface area contributed by atoms with Crippen molar-refractivity contribution >= 4 is 31.3 Å². The summed E-state index contributed by atoms with van der Waals surface area (Å²) in [6.07, 6.45) is 1.93. The Hall–Kier alpha value is -2.73. The normalized spacial score (nSPS) is 17.1. The van der Waals surface area contributed by atoms with Gasteiger partial charge in [0.05, 0.1) is 21.4 Å². The number of amides is 1. The number of ether oxygens (including phenoxy) is 1. The highest BCUT2D eigenvalue weighted by Crippen LogP contribution is 2.37. The minimum atomic E-state index is -3.89. The van der Waals surface area contributed by atoms with Crippen molar-refractivity contribution in [2.24, 2.45) is 0 Å². The Bertz CT molecular complexity index is 1440. The van der Waals surface area contributed by atoms with Crippen molar-refractivity contribution in [3.63, 3.8) is 0 Å². The molecule has 1 aliphatic carbocycles. The maximum absolute atomic E-state index is 14.9. The SMILES string of the molecule is CC(C)(C)Oc1ccc(S(C)(=O)=O)cc1C(=O)N1CCN(c2ccc(S(=O)(=O)C3CC3)c(F)c2F)CC1. The first-order valence-corrected chi connectivity index (χ1v) is 15.3. The molecule has 1 saturated carbocycles. The molecule has 1 aliphatic heterocycles. The van der Waals surface area contributed by atoms with Gasteiger partial charge in [-0.2, -0.15) is 0 Å². The number of carbonyl (C=O) groups is 1. The van der Waals surface area contributed by atoms with E-state index in [2.05, 4.69) is 0 Å². The molecule has 0 spiro atoms. The van der Waals surface area contributed by atoms with Crippen LogP contribution in [0.5, 0.6) is 5.75 Å². The van der Waals surface area contributed by atoms with Crippen LogP contribution in [0.4, 0.5) is 14.5 Å². The van der Waals surface area contributed by atoms with Crippen molar-refractivity contribution in [2.45, 2.75) is 54.3 Å². The standard InChI is InChI=1S/C25H30F2N2O6S2/c1-25(2,3)35-20-9-7-17(36(4,31)32)15-18(20)24(30)29-13-11-28(12-14-29)19-8-10-21(23(27)22(19)26)37(33,34)16-5-6-16/h7-10,15-16H,5-6,11-14H2,1-4H3. The van der Waals surface area contributed by atoms with Crippen LogP contribution < -0.4 is 9.64 Å². The highest BCUT2D eigenvalue weighted by atomic mass is 32.2. The number of benzene rings is 2. The third-order valence-corrected chi connectivity index (χ3v) is 9.62. The summed E-state index contributed by atoms with van der Waals surface area (Å²) in [7, 11) is -7.46. The Kier molecular flexibility index (Phi) is 7.04. The Morgan fingerprint density at radius 2 is 1.57 bits per heavy atom. The molecule has 0 aromatic heterocycles. The van der Waals surface area contributed by atoms with Crippen molar-refractivity contribution < 1.29 is 35.1 Å². The Balaban J connectivity index is 1.54. The lowest BCUT2D eigenvalue weighted by Gasteiger charge is -2.36. The van der Waals surface area contributed by atoms with Crippen LogP contribution in [0, 0.1) is 11.6 Å². The quantitative estimate of drug-likeness (QED) is 0.537. The largest absolute Gasteiger partial charge is 0.487 e. The molecular weight excluding hydrogens is 526 g/mol. The number of sulfone groups is 2. The molecule has 1 amide bonds. The topological polar surface area (TPSA) is 101 Å². The lowest BCUT2D eigenvalue weighted by atomic mass is 10.1. The molecule has 202 valence electrons. The van der Waals surface area contributed by atoms with E-state index in [-0.39, 0.29) is 48.1 Å². The molecule has 0 atom stereocenters. The average molecular weight is 557 g/mol. The molecule has 8 nitrogen and oxygen atoms in total. The molecule has 0 unspecified atom stereocenters. The summed E-state index contributed by atoms with van der Waals surface area (Å²) >= 11 is 0. The molecule has 0 radical (unpaired) electrons. The van der Waals surface area contributed by atoms with E-state index < -0.39 is 53.0 Å². The van der Waals surface area contributed by atoms with E-state index in [0.29, 0.717) is 12.8 Å². The molecule has 0 bridgehead atoms. The monoisotopic (exact) mass is 556 g/mol. The lowest BCUT2D eigenvalue weighted by molar-refractivity contribution is 0.0730. The van der Waals surface area contributed by atoms with Crippen molar-refractivity contribution in [1.82, 2.24) is 4.90 Å². The fourth-order valence-electron chi connectivity index (χ4n) is 4.19. The van der Waals surface area contributed by atoms with Gasteiger partial charge in [-0.25, -0.2) is 25.6 Å². The molecule has 0 N–H and O–H groups in total. The maximum atomic E-state index is 14.9. The van der Waals surface area contributed by atoms with Crippen LogP contribution in [-0.2, 0) is 19.7 Å². The summed E-state index contributed by atoms with van der Waals surface area (Å²) in [4.78, 5) is 15.8. The molecule has 1 heterocycles. The van der Waals surface area contributed by atoms with E-state index in [9.17, 15) is 30.4 Å². The van der Waals surface area contributed by atoms with Gasteiger partial charge in [-0.1, -0.05) is 0 Å². The van der Waals surface area contributed by atoms with E-state index >= 15 is 0 Å². The van der Waals surface area contributed by atoms with Crippen LogP contribution in [0.2, 0.25) is 0 Å². The third kappa shape index (κ3) is 5.74. The molecule has 37 heavy (non-hydrogen) atoms. The number of hydrogen-bond acceptors (Lipinski definition) is 7. The van der Waals surface area contributed by atoms with E-state index in [1.54, 1.807) is 25.7 Å². The van der Waals surface area contributed by atoms with E-state index in [1.165, 1.54) is 29.2 Å². The maximum Gasteiger partial charge on any atom is 0.257 e. The van der Waals surface area contributed by atoms with E-state index in [1.807, 2.05) is 0 Å². The van der Waals surface area contributed by atoms with Crippen LogP contribution in [-0.4, -0.2) is 70.9 Å². The molecular formula is C25H30F2N2O6S2. The van der Waals surface area contributed by atoms with Crippen LogP contribution in [0.15, 0.2) is 40.1 Å². The molecule has 2 aromatic carbocycles. The van der Waals surface area contributed by atoms with Gasteiger partial charge in [0.1, 0.15) is 16.2 Å². The number of hydrogen-bond donors (Lipinski definition) is 0. The Labute approximate surface area is 216 Å². The number of anilines is 1. The van der Waals surface area contributed by atoms with Crippen LogP contribution in [0.3, 0.4) is 0 Å². The van der Waals surface area contributed by atoms with Gasteiger partial charge in [0, 0.05) is 32.4 Å². The number of nitrogens with zero attached hydrogens (tertiary/aromatic N) is 2. The first-order valence-electron chi connectivity index (χ1n) is 11.9. The summed E-state index contributed by atoms with van der Waals surface area (Å²) in [6.45, 7) is 6.05. The molecule has 1 saturated heterocycles. The van der Waals surface area contributed by atoms with Gasteiger partial charge in [0.2, 0.25) is 0 Å². The number of halogens is 2. The zero-order valence-electron chi connectivity index (χ0n) is 21.1. The zero-order chi connectivity index (χ0) is 27.3. The van der Waals surface area contributed by atoms with Crippen molar-refractivity contribution in [1.29, 1.82) is 0 Å². The summed E-state index contributed by atoms with van der Waals surface area (Å²) in [5.41, 5.74) is -0.616. The molecule has 4 rings (SSSR count). The second kappa shape index (κ2) is 9.54. The number of carbonyl (C=O) groups excluding carboxylic acids is 1. The van der Waals surface area contributed by atoms with Gasteiger partial charge in [-0.05, 0) is 63.9 Å². The predicted octanol–water partition coefficient (Wildman–Crippen LogP) is 3.44. The third-order valence-electron chi connectivity index (χ3n) is 6.23.